The third-order valence-electron chi connectivity index (χ3n) is 5.51. The lowest BCUT2D eigenvalue weighted by molar-refractivity contribution is -0.137. The number of oxazole rings is 1. The molecule has 0 bridgehead atoms. The highest BCUT2D eigenvalue weighted by Crippen LogP contribution is 2.18. The van der Waals surface area contributed by atoms with Crippen LogP contribution in [0.25, 0.3) is 0 Å². The van der Waals surface area contributed by atoms with Crippen LogP contribution in [0.1, 0.15) is 58.6 Å². The summed E-state index contributed by atoms with van der Waals surface area (Å²) >= 11 is 0. The number of rotatable bonds is 12. The maximum absolute atomic E-state index is 13.1. The zero-order valence-electron chi connectivity index (χ0n) is 20.0. The SMILES string of the molecule is CCCCc1ccc(C(=O)N(CC(=O)O)Cc2cccc(OCCc3nc(C)oc3C)c2)cc1. The molecule has 1 heterocycles. The highest BCUT2D eigenvalue weighted by molar-refractivity contribution is 5.95. The number of carboxylic acids is 1. The Bertz CT molecular complexity index is 1100. The number of carbonyl (C=O) groups excluding carboxylic acids is 1. The number of nitrogens with zero attached hydrogens (tertiary/aromatic N) is 2. The zero-order valence-corrected chi connectivity index (χ0v) is 20.0. The molecule has 3 rings (SSSR count). The number of hydrogen-bond acceptors (Lipinski definition) is 5. The molecule has 0 atom stereocenters. The molecule has 7 heteroatoms. The molecule has 2 aromatic carbocycles. The Kier molecular flexibility index (Phi) is 8.85. The second-order valence-corrected chi connectivity index (χ2v) is 8.34. The summed E-state index contributed by atoms with van der Waals surface area (Å²) in [5.74, 6) is 0.703. The summed E-state index contributed by atoms with van der Waals surface area (Å²) < 4.78 is 11.3. The number of amides is 1. The number of carbonyl (C=O) groups is 2. The minimum absolute atomic E-state index is 0.168. The first kappa shape index (κ1) is 25.0. The van der Waals surface area contributed by atoms with Crippen molar-refractivity contribution < 1.29 is 23.8 Å². The van der Waals surface area contributed by atoms with Crippen LogP contribution in [0.4, 0.5) is 0 Å². The largest absolute Gasteiger partial charge is 0.493 e. The summed E-state index contributed by atoms with van der Waals surface area (Å²) in [6.45, 7) is 6.04. The summed E-state index contributed by atoms with van der Waals surface area (Å²) in [5.41, 5.74) is 3.31. The van der Waals surface area contributed by atoms with Gasteiger partial charge in [-0.15, -0.1) is 0 Å². The Morgan fingerprint density at radius 1 is 1.06 bits per heavy atom. The van der Waals surface area contributed by atoms with E-state index in [-0.39, 0.29) is 19.0 Å². The Balaban J connectivity index is 1.65. The fraction of sp³-hybridized carbons (Fsp3) is 0.370. The fourth-order valence-corrected chi connectivity index (χ4v) is 3.76. The van der Waals surface area contributed by atoms with Gasteiger partial charge in [0, 0.05) is 25.5 Å². The lowest BCUT2D eigenvalue weighted by Crippen LogP contribution is -2.35. The number of ether oxygens (including phenoxy) is 1. The van der Waals surface area contributed by atoms with Crippen molar-refractivity contribution in [2.45, 2.75) is 53.0 Å². The van der Waals surface area contributed by atoms with Crippen molar-refractivity contribution in [2.75, 3.05) is 13.2 Å². The minimum Gasteiger partial charge on any atom is -0.493 e. The van der Waals surface area contributed by atoms with Crippen molar-refractivity contribution in [1.29, 1.82) is 0 Å². The molecule has 0 aliphatic carbocycles. The number of aryl methyl sites for hydroxylation is 3. The molecule has 1 N–H and O–H groups in total. The number of aromatic nitrogens is 1. The van der Waals surface area contributed by atoms with E-state index >= 15 is 0 Å². The summed E-state index contributed by atoms with van der Waals surface area (Å²) in [6.07, 6.45) is 3.78. The van der Waals surface area contributed by atoms with Gasteiger partial charge in [0.05, 0.1) is 12.3 Å². The maximum atomic E-state index is 13.1. The first-order chi connectivity index (χ1) is 16.4. The molecule has 0 radical (unpaired) electrons. The molecule has 0 spiro atoms. The molecule has 0 aliphatic rings. The van der Waals surface area contributed by atoms with Gasteiger partial charge in [0.2, 0.25) is 0 Å². The second kappa shape index (κ2) is 12.0. The lowest BCUT2D eigenvalue weighted by Gasteiger charge is -2.21. The van der Waals surface area contributed by atoms with Gasteiger partial charge in [-0.1, -0.05) is 37.6 Å². The van der Waals surface area contributed by atoms with Crippen molar-refractivity contribution in [3.05, 3.63) is 82.6 Å². The third-order valence-corrected chi connectivity index (χ3v) is 5.51. The van der Waals surface area contributed by atoms with E-state index in [1.54, 1.807) is 12.1 Å². The Hall–Kier alpha value is -3.61. The predicted molar refractivity (Wildman–Crippen MR) is 129 cm³/mol. The van der Waals surface area contributed by atoms with E-state index in [0.29, 0.717) is 30.2 Å². The topological polar surface area (TPSA) is 92.9 Å². The van der Waals surface area contributed by atoms with Crippen LogP contribution in [-0.4, -0.2) is 40.0 Å². The van der Waals surface area contributed by atoms with Gasteiger partial charge >= 0.3 is 5.97 Å². The van der Waals surface area contributed by atoms with Gasteiger partial charge in [-0.05, 0) is 55.2 Å². The van der Waals surface area contributed by atoms with Gasteiger partial charge in [0.1, 0.15) is 18.1 Å². The van der Waals surface area contributed by atoms with E-state index < -0.39 is 5.97 Å². The standard InChI is InChI=1S/C27H32N2O5/c1-4-5-7-21-10-12-23(13-11-21)27(32)29(18-26(30)31)17-22-8-6-9-24(16-22)33-15-14-25-19(2)34-20(3)28-25/h6,8-13,16H,4-5,7,14-15,17-18H2,1-3H3,(H,30,31). The molecule has 34 heavy (non-hydrogen) atoms. The van der Waals surface area contributed by atoms with Gasteiger partial charge in [-0.3, -0.25) is 9.59 Å². The molecular weight excluding hydrogens is 432 g/mol. The van der Waals surface area contributed by atoms with Crippen molar-refractivity contribution in [1.82, 2.24) is 9.88 Å². The van der Waals surface area contributed by atoms with E-state index in [1.165, 1.54) is 10.5 Å². The van der Waals surface area contributed by atoms with E-state index in [9.17, 15) is 14.7 Å². The average molecular weight is 465 g/mol. The third kappa shape index (κ3) is 7.20. The Morgan fingerprint density at radius 2 is 1.82 bits per heavy atom. The lowest BCUT2D eigenvalue weighted by atomic mass is 10.1. The molecule has 0 saturated heterocycles. The van der Waals surface area contributed by atoms with Crippen molar-refractivity contribution in [2.24, 2.45) is 0 Å². The average Bonchev–Trinajstić information content (AvgIpc) is 3.13. The highest BCUT2D eigenvalue weighted by Gasteiger charge is 2.19. The molecule has 1 aromatic heterocycles. The zero-order chi connectivity index (χ0) is 24.5. The molecule has 180 valence electrons. The first-order valence-electron chi connectivity index (χ1n) is 11.6. The van der Waals surface area contributed by atoms with E-state index in [1.807, 2.05) is 50.2 Å². The van der Waals surface area contributed by atoms with E-state index in [0.717, 1.165) is 36.3 Å². The molecule has 1 amide bonds. The monoisotopic (exact) mass is 464 g/mol. The normalized spacial score (nSPS) is 10.8. The molecule has 0 saturated carbocycles. The van der Waals surface area contributed by atoms with Crippen LogP contribution in [0, 0.1) is 13.8 Å². The smallest absolute Gasteiger partial charge is 0.323 e. The van der Waals surface area contributed by atoms with Crippen LogP contribution in [-0.2, 0) is 24.2 Å². The number of hydrogen-bond donors (Lipinski definition) is 1. The van der Waals surface area contributed by atoms with E-state index in [4.69, 9.17) is 9.15 Å². The van der Waals surface area contributed by atoms with Crippen molar-refractivity contribution >= 4 is 11.9 Å². The molecule has 0 unspecified atom stereocenters. The molecule has 3 aromatic rings. The van der Waals surface area contributed by atoms with Crippen LogP contribution >= 0.6 is 0 Å². The minimum atomic E-state index is -1.06. The van der Waals surface area contributed by atoms with Gasteiger partial charge in [0.25, 0.3) is 5.91 Å². The fourth-order valence-electron chi connectivity index (χ4n) is 3.76. The van der Waals surface area contributed by atoms with Crippen LogP contribution in [0.15, 0.2) is 52.9 Å². The number of carboxylic acid groups (broad SMARTS) is 1. The second-order valence-electron chi connectivity index (χ2n) is 8.34. The summed E-state index contributed by atoms with van der Waals surface area (Å²) in [4.78, 5) is 30.2. The van der Waals surface area contributed by atoms with Crippen LogP contribution in [0.5, 0.6) is 5.75 Å². The first-order valence-corrected chi connectivity index (χ1v) is 11.6. The number of benzene rings is 2. The maximum Gasteiger partial charge on any atom is 0.323 e. The van der Waals surface area contributed by atoms with Crippen LogP contribution in [0.2, 0.25) is 0 Å². The Morgan fingerprint density at radius 3 is 2.47 bits per heavy atom. The quantitative estimate of drug-likeness (QED) is 0.406. The molecular formula is C27H32N2O5. The Labute approximate surface area is 200 Å². The summed E-state index contributed by atoms with van der Waals surface area (Å²) in [6, 6.07) is 14.8. The van der Waals surface area contributed by atoms with Crippen LogP contribution < -0.4 is 4.74 Å². The van der Waals surface area contributed by atoms with Gasteiger partial charge < -0.3 is 19.2 Å². The van der Waals surface area contributed by atoms with Crippen molar-refractivity contribution in [3.63, 3.8) is 0 Å². The van der Waals surface area contributed by atoms with E-state index in [2.05, 4.69) is 11.9 Å². The molecule has 7 nitrogen and oxygen atoms in total. The number of unbranched alkanes of at least 4 members (excludes halogenated alkanes) is 1. The number of aliphatic carboxylic acids is 1. The summed E-state index contributed by atoms with van der Waals surface area (Å²) in [7, 11) is 0. The molecule has 0 aliphatic heterocycles. The van der Waals surface area contributed by atoms with Crippen LogP contribution in [0.3, 0.4) is 0 Å². The van der Waals surface area contributed by atoms with Gasteiger partial charge in [-0.2, -0.15) is 0 Å². The highest BCUT2D eigenvalue weighted by atomic mass is 16.5. The van der Waals surface area contributed by atoms with Crippen molar-refractivity contribution in [3.8, 4) is 5.75 Å². The predicted octanol–water partition coefficient (Wildman–Crippen LogP) is 4.98. The molecule has 0 fully saturated rings. The summed E-state index contributed by atoms with van der Waals surface area (Å²) in [5, 5.41) is 9.37. The van der Waals surface area contributed by atoms with Gasteiger partial charge in [0.15, 0.2) is 5.89 Å². The van der Waals surface area contributed by atoms with Gasteiger partial charge in [-0.25, -0.2) is 4.98 Å².